The number of methoxy groups -OCH3 is 1. The van der Waals surface area contributed by atoms with E-state index in [4.69, 9.17) is 9.47 Å². The van der Waals surface area contributed by atoms with Gasteiger partial charge in [0, 0.05) is 32.0 Å². The molecule has 2 heterocycles. The Bertz CT molecular complexity index is 803. The summed E-state index contributed by atoms with van der Waals surface area (Å²) in [7, 11) is 1.63. The van der Waals surface area contributed by atoms with Crippen molar-refractivity contribution in [3.05, 3.63) is 59.4 Å². The molecule has 2 aromatic rings. The zero-order valence-electron chi connectivity index (χ0n) is 15.3. The molecule has 7 heteroatoms. The maximum absolute atomic E-state index is 12.5. The van der Waals surface area contributed by atoms with Gasteiger partial charge in [0.15, 0.2) is 0 Å². The number of para-hydroxylation sites is 1. The lowest BCUT2D eigenvalue weighted by Gasteiger charge is -2.26. The summed E-state index contributed by atoms with van der Waals surface area (Å²) in [5, 5.41) is 2.87. The third-order valence-electron chi connectivity index (χ3n) is 4.42. The first kappa shape index (κ1) is 18.8. The Kier molecular flexibility index (Phi) is 6.38. The number of morpholine rings is 1. The van der Waals surface area contributed by atoms with E-state index in [0.29, 0.717) is 50.4 Å². The molecule has 142 valence electrons. The minimum atomic E-state index is -0.256. The first-order valence-corrected chi connectivity index (χ1v) is 8.91. The summed E-state index contributed by atoms with van der Waals surface area (Å²) in [4.78, 5) is 30.7. The van der Waals surface area contributed by atoms with E-state index in [2.05, 4.69) is 10.3 Å². The molecule has 2 amide bonds. The number of nitrogens with one attached hydrogen (secondary N) is 1. The topological polar surface area (TPSA) is 80.8 Å². The van der Waals surface area contributed by atoms with Crippen LogP contribution >= 0.6 is 0 Å². The molecular formula is C20H23N3O4. The number of aromatic nitrogens is 1. The van der Waals surface area contributed by atoms with E-state index in [0.717, 1.165) is 11.3 Å². The van der Waals surface area contributed by atoms with Crippen molar-refractivity contribution in [2.45, 2.75) is 6.42 Å². The van der Waals surface area contributed by atoms with Crippen molar-refractivity contribution in [3.8, 4) is 5.75 Å². The van der Waals surface area contributed by atoms with Crippen LogP contribution in [-0.4, -0.2) is 61.7 Å². The second kappa shape index (κ2) is 9.14. The molecule has 1 aromatic heterocycles. The van der Waals surface area contributed by atoms with Crippen molar-refractivity contribution in [1.29, 1.82) is 0 Å². The average Bonchev–Trinajstić information content (AvgIpc) is 2.74. The maximum atomic E-state index is 12.5. The molecule has 1 aliphatic heterocycles. The molecule has 0 saturated carbocycles. The molecule has 0 bridgehead atoms. The van der Waals surface area contributed by atoms with Crippen molar-refractivity contribution in [2.24, 2.45) is 0 Å². The van der Waals surface area contributed by atoms with Crippen molar-refractivity contribution >= 4 is 11.8 Å². The van der Waals surface area contributed by atoms with Gasteiger partial charge in [0.2, 0.25) is 0 Å². The van der Waals surface area contributed by atoms with Gasteiger partial charge in [-0.2, -0.15) is 0 Å². The number of nitrogens with zero attached hydrogens (tertiary/aromatic N) is 2. The van der Waals surface area contributed by atoms with Gasteiger partial charge >= 0.3 is 0 Å². The fourth-order valence-corrected chi connectivity index (χ4v) is 2.95. The van der Waals surface area contributed by atoms with Crippen LogP contribution < -0.4 is 10.1 Å². The van der Waals surface area contributed by atoms with E-state index in [-0.39, 0.29) is 11.8 Å². The van der Waals surface area contributed by atoms with Crippen LogP contribution in [0.5, 0.6) is 5.75 Å². The minimum Gasteiger partial charge on any atom is -0.496 e. The average molecular weight is 369 g/mol. The molecule has 7 nitrogen and oxygen atoms in total. The predicted octanol–water partition coefficient (Wildman–Crippen LogP) is 1.54. The highest BCUT2D eigenvalue weighted by molar-refractivity contribution is 5.99. The lowest BCUT2D eigenvalue weighted by molar-refractivity contribution is 0.0302. The molecule has 0 unspecified atom stereocenters. The number of amides is 2. The van der Waals surface area contributed by atoms with E-state index < -0.39 is 0 Å². The van der Waals surface area contributed by atoms with Crippen LogP contribution in [0.1, 0.15) is 26.3 Å². The SMILES string of the molecule is COc1ccccc1CCNC(=O)c1cncc(C(=O)N2CCOCC2)c1. The number of carbonyl (C=O) groups is 2. The van der Waals surface area contributed by atoms with Crippen molar-refractivity contribution < 1.29 is 19.1 Å². The van der Waals surface area contributed by atoms with E-state index >= 15 is 0 Å². The largest absolute Gasteiger partial charge is 0.496 e. The lowest BCUT2D eigenvalue weighted by Crippen LogP contribution is -2.40. The molecule has 0 atom stereocenters. The Morgan fingerprint density at radius 2 is 1.93 bits per heavy atom. The molecule has 1 fully saturated rings. The molecular weight excluding hydrogens is 346 g/mol. The Hall–Kier alpha value is -2.93. The zero-order valence-corrected chi connectivity index (χ0v) is 15.3. The van der Waals surface area contributed by atoms with Gasteiger partial charge < -0.3 is 19.7 Å². The normalized spacial score (nSPS) is 13.9. The highest BCUT2D eigenvalue weighted by Crippen LogP contribution is 2.17. The monoisotopic (exact) mass is 369 g/mol. The van der Waals surface area contributed by atoms with Crippen LogP contribution in [0.3, 0.4) is 0 Å². The molecule has 1 aliphatic rings. The minimum absolute atomic E-state index is 0.130. The summed E-state index contributed by atoms with van der Waals surface area (Å²) in [5.74, 6) is 0.412. The van der Waals surface area contributed by atoms with Gasteiger partial charge in [0.25, 0.3) is 11.8 Å². The number of rotatable bonds is 6. The second-order valence-corrected chi connectivity index (χ2v) is 6.18. The van der Waals surface area contributed by atoms with Gasteiger partial charge in [-0.05, 0) is 24.1 Å². The van der Waals surface area contributed by atoms with Crippen LogP contribution in [0, 0.1) is 0 Å². The first-order valence-electron chi connectivity index (χ1n) is 8.91. The summed E-state index contributed by atoms with van der Waals surface area (Å²) in [6, 6.07) is 9.28. The fraction of sp³-hybridized carbons (Fsp3) is 0.350. The molecule has 1 N–H and O–H groups in total. The van der Waals surface area contributed by atoms with Crippen LogP contribution in [-0.2, 0) is 11.2 Å². The molecule has 1 aromatic carbocycles. The molecule has 3 rings (SSSR count). The second-order valence-electron chi connectivity index (χ2n) is 6.18. The van der Waals surface area contributed by atoms with E-state index in [1.807, 2.05) is 24.3 Å². The Morgan fingerprint density at radius 3 is 2.70 bits per heavy atom. The number of carbonyl (C=O) groups excluding carboxylic acids is 2. The Balaban J connectivity index is 1.59. The van der Waals surface area contributed by atoms with Crippen molar-refractivity contribution in [1.82, 2.24) is 15.2 Å². The van der Waals surface area contributed by atoms with Crippen molar-refractivity contribution in [2.75, 3.05) is 40.0 Å². The molecule has 27 heavy (non-hydrogen) atoms. The quantitative estimate of drug-likeness (QED) is 0.835. The van der Waals surface area contributed by atoms with Gasteiger partial charge in [0.05, 0.1) is 31.5 Å². The van der Waals surface area contributed by atoms with Crippen molar-refractivity contribution in [3.63, 3.8) is 0 Å². The molecule has 0 aliphatic carbocycles. The number of hydrogen-bond donors (Lipinski definition) is 1. The van der Waals surface area contributed by atoms with Gasteiger partial charge in [0.1, 0.15) is 5.75 Å². The summed E-state index contributed by atoms with van der Waals surface area (Å²) in [6.07, 6.45) is 3.60. The lowest BCUT2D eigenvalue weighted by atomic mass is 10.1. The predicted molar refractivity (Wildman–Crippen MR) is 100.0 cm³/mol. The van der Waals surface area contributed by atoms with Crippen LogP contribution in [0.4, 0.5) is 0 Å². The van der Waals surface area contributed by atoms with Crippen LogP contribution in [0.15, 0.2) is 42.7 Å². The van der Waals surface area contributed by atoms with Crippen LogP contribution in [0.25, 0.3) is 0 Å². The number of ether oxygens (including phenoxy) is 2. The fourth-order valence-electron chi connectivity index (χ4n) is 2.95. The third-order valence-corrected chi connectivity index (χ3v) is 4.42. The third kappa shape index (κ3) is 4.83. The summed E-state index contributed by atoms with van der Waals surface area (Å²) in [5.41, 5.74) is 1.80. The summed E-state index contributed by atoms with van der Waals surface area (Å²) in [6.45, 7) is 2.62. The van der Waals surface area contributed by atoms with E-state index in [1.54, 1.807) is 18.1 Å². The maximum Gasteiger partial charge on any atom is 0.255 e. The highest BCUT2D eigenvalue weighted by Gasteiger charge is 2.20. The first-order chi connectivity index (χ1) is 13.2. The zero-order chi connectivity index (χ0) is 19.1. The van der Waals surface area contributed by atoms with Gasteiger partial charge in [-0.15, -0.1) is 0 Å². The number of benzene rings is 1. The Morgan fingerprint density at radius 1 is 1.19 bits per heavy atom. The van der Waals surface area contributed by atoms with Gasteiger partial charge in [-0.1, -0.05) is 18.2 Å². The van der Waals surface area contributed by atoms with E-state index in [9.17, 15) is 9.59 Å². The van der Waals surface area contributed by atoms with E-state index in [1.165, 1.54) is 12.4 Å². The Labute approximate surface area is 158 Å². The van der Waals surface area contributed by atoms with Gasteiger partial charge in [-0.25, -0.2) is 0 Å². The van der Waals surface area contributed by atoms with Crippen LogP contribution in [0.2, 0.25) is 0 Å². The molecule has 0 spiro atoms. The standard InChI is InChI=1S/C20H23N3O4/c1-26-18-5-3-2-4-15(18)6-7-22-19(24)16-12-17(14-21-13-16)20(25)23-8-10-27-11-9-23/h2-5,12-14H,6-11H2,1H3,(H,22,24). The highest BCUT2D eigenvalue weighted by atomic mass is 16.5. The number of pyridine rings is 1. The van der Waals surface area contributed by atoms with Gasteiger partial charge in [-0.3, -0.25) is 14.6 Å². The molecule has 0 radical (unpaired) electrons. The molecule has 1 saturated heterocycles. The number of hydrogen-bond acceptors (Lipinski definition) is 5. The summed E-state index contributed by atoms with van der Waals surface area (Å²) < 4.78 is 10.6. The smallest absolute Gasteiger partial charge is 0.255 e. The summed E-state index contributed by atoms with van der Waals surface area (Å²) >= 11 is 0.